The van der Waals surface area contributed by atoms with E-state index in [4.69, 9.17) is 28.9 Å². The van der Waals surface area contributed by atoms with Gasteiger partial charge in [-0.15, -0.1) is 0 Å². The van der Waals surface area contributed by atoms with E-state index in [0.717, 1.165) is 6.42 Å². The third kappa shape index (κ3) is 5.31. The molecule has 0 aliphatic rings. The van der Waals surface area contributed by atoms with Gasteiger partial charge in [-0.2, -0.15) is 0 Å². The Labute approximate surface area is 178 Å². The topological polar surface area (TPSA) is 101 Å². The number of carbonyl (C=O) groups excluding carboxylic acids is 1. The van der Waals surface area contributed by atoms with Crippen molar-refractivity contribution in [2.45, 2.75) is 39.7 Å². The molecule has 0 bridgehead atoms. The minimum Gasteiger partial charge on any atom is -0.383 e. The van der Waals surface area contributed by atoms with Gasteiger partial charge < -0.3 is 10.6 Å². The van der Waals surface area contributed by atoms with Gasteiger partial charge in [-0.3, -0.25) is 19.1 Å². The summed E-state index contributed by atoms with van der Waals surface area (Å²) in [4.78, 5) is 41.1. The van der Waals surface area contributed by atoms with Gasteiger partial charge in [0.05, 0.1) is 0 Å². The lowest BCUT2D eigenvalue weighted by atomic mass is 10.2. The van der Waals surface area contributed by atoms with Crippen LogP contribution in [0.1, 0.15) is 38.7 Å². The van der Waals surface area contributed by atoms with E-state index in [0.29, 0.717) is 35.0 Å². The molecule has 9 heteroatoms. The Hall–Kier alpha value is -2.51. The normalized spacial score (nSPS) is 11.2. The first-order valence-electron chi connectivity index (χ1n) is 9.37. The molecule has 0 saturated heterocycles. The molecular formula is C20H24Cl2N4O3. The summed E-state index contributed by atoms with van der Waals surface area (Å²) in [5, 5.41) is 0.797. The summed E-state index contributed by atoms with van der Waals surface area (Å²) in [7, 11) is 0. The molecule has 2 rings (SSSR count). The van der Waals surface area contributed by atoms with Crippen molar-refractivity contribution in [3.63, 3.8) is 0 Å². The number of benzene rings is 1. The van der Waals surface area contributed by atoms with Gasteiger partial charge in [0, 0.05) is 34.8 Å². The van der Waals surface area contributed by atoms with Crippen LogP contribution < -0.4 is 21.9 Å². The molecule has 0 unspecified atom stereocenters. The number of carbonyl (C=O) groups is 1. The van der Waals surface area contributed by atoms with E-state index in [1.54, 1.807) is 18.2 Å². The molecule has 0 radical (unpaired) electrons. The molecule has 0 saturated carbocycles. The van der Waals surface area contributed by atoms with E-state index in [2.05, 4.69) is 4.98 Å². The van der Waals surface area contributed by atoms with Gasteiger partial charge in [0.2, 0.25) is 0 Å². The molecule has 1 aromatic carbocycles. The van der Waals surface area contributed by atoms with Crippen molar-refractivity contribution in [2.24, 2.45) is 0 Å². The smallest absolute Gasteiger partial charge is 0.330 e. The van der Waals surface area contributed by atoms with Gasteiger partial charge in [0.15, 0.2) is 5.69 Å². The van der Waals surface area contributed by atoms with E-state index in [-0.39, 0.29) is 18.1 Å². The van der Waals surface area contributed by atoms with Crippen LogP contribution in [-0.2, 0) is 11.3 Å². The van der Waals surface area contributed by atoms with Gasteiger partial charge >= 0.3 is 5.69 Å². The number of nitrogen functional groups attached to an aromatic ring is 1. The Morgan fingerprint density at radius 3 is 2.45 bits per heavy atom. The van der Waals surface area contributed by atoms with Crippen LogP contribution in [0.3, 0.4) is 0 Å². The summed E-state index contributed by atoms with van der Waals surface area (Å²) in [6, 6.07) is 5.03. The molecule has 0 atom stereocenters. The zero-order chi connectivity index (χ0) is 21.6. The Kier molecular flexibility index (Phi) is 8.10. The maximum absolute atomic E-state index is 13.0. The Balaban J connectivity index is 2.51. The average Bonchev–Trinajstić information content (AvgIpc) is 2.67. The second-order valence-corrected chi connectivity index (χ2v) is 7.27. The minimum atomic E-state index is -0.700. The van der Waals surface area contributed by atoms with Crippen LogP contribution in [0.5, 0.6) is 0 Å². The standard InChI is InChI=1S/C20H24Cl2N4O3/c1-3-5-12-25(16(27)10-9-13-14(21)7-6-8-15(13)22)17-18(23)26(11-4-2)20(29)24-19(17)28/h6-10H,3-5,11-12,23H2,1-2H3,(H,24,28,29)/b10-9+. The highest BCUT2D eigenvalue weighted by atomic mass is 35.5. The number of hydrogen-bond donors (Lipinski definition) is 2. The first-order chi connectivity index (χ1) is 13.8. The van der Waals surface area contributed by atoms with Crippen LogP contribution in [0, 0.1) is 0 Å². The van der Waals surface area contributed by atoms with Crippen LogP contribution in [0.2, 0.25) is 10.0 Å². The number of nitrogens with one attached hydrogen (secondary N) is 1. The number of aromatic amines is 1. The molecule has 0 fully saturated rings. The molecule has 3 N–H and O–H groups in total. The molecule has 0 aliphatic carbocycles. The second-order valence-electron chi connectivity index (χ2n) is 6.46. The Bertz CT molecular complexity index is 1010. The number of nitrogens with two attached hydrogens (primary N) is 1. The number of unbranched alkanes of at least 4 members (excludes halogenated alkanes) is 1. The molecule has 156 valence electrons. The third-order valence-electron chi connectivity index (χ3n) is 4.32. The van der Waals surface area contributed by atoms with Crippen LogP contribution in [0.15, 0.2) is 33.9 Å². The number of anilines is 2. The third-order valence-corrected chi connectivity index (χ3v) is 4.98. The number of rotatable bonds is 8. The number of aromatic nitrogens is 2. The highest BCUT2D eigenvalue weighted by Gasteiger charge is 2.22. The number of amides is 1. The van der Waals surface area contributed by atoms with E-state index >= 15 is 0 Å². The van der Waals surface area contributed by atoms with E-state index in [1.807, 2.05) is 13.8 Å². The second kappa shape index (κ2) is 10.3. The lowest BCUT2D eigenvalue weighted by molar-refractivity contribution is -0.114. The van der Waals surface area contributed by atoms with Gasteiger partial charge in [-0.05, 0) is 31.1 Å². The van der Waals surface area contributed by atoms with Crippen molar-refractivity contribution in [1.29, 1.82) is 0 Å². The monoisotopic (exact) mass is 438 g/mol. The Morgan fingerprint density at radius 1 is 1.21 bits per heavy atom. The maximum Gasteiger partial charge on any atom is 0.330 e. The first-order valence-corrected chi connectivity index (χ1v) is 10.1. The summed E-state index contributed by atoms with van der Waals surface area (Å²) < 4.78 is 1.26. The fourth-order valence-corrected chi connectivity index (χ4v) is 3.37. The first kappa shape index (κ1) is 22.8. The average molecular weight is 439 g/mol. The molecule has 29 heavy (non-hydrogen) atoms. The van der Waals surface area contributed by atoms with Crippen molar-refractivity contribution < 1.29 is 4.79 Å². The molecule has 0 spiro atoms. The van der Waals surface area contributed by atoms with Crippen LogP contribution in [0.4, 0.5) is 11.5 Å². The van der Waals surface area contributed by atoms with Crippen LogP contribution in [0.25, 0.3) is 6.08 Å². The zero-order valence-electron chi connectivity index (χ0n) is 16.4. The molecule has 7 nitrogen and oxygen atoms in total. The summed E-state index contributed by atoms with van der Waals surface area (Å²) in [5.41, 5.74) is 5.28. The predicted molar refractivity (Wildman–Crippen MR) is 119 cm³/mol. The lowest BCUT2D eigenvalue weighted by Crippen LogP contribution is -2.41. The molecule has 1 heterocycles. The largest absolute Gasteiger partial charge is 0.383 e. The van der Waals surface area contributed by atoms with Crippen LogP contribution >= 0.6 is 23.2 Å². The number of hydrogen-bond acceptors (Lipinski definition) is 4. The van der Waals surface area contributed by atoms with E-state index in [9.17, 15) is 14.4 Å². The van der Waals surface area contributed by atoms with E-state index < -0.39 is 17.2 Å². The number of H-pyrrole nitrogens is 1. The van der Waals surface area contributed by atoms with Gasteiger partial charge in [-0.25, -0.2) is 4.79 Å². The summed E-state index contributed by atoms with van der Waals surface area (Å²) in [6.07, 6.45) is 4.88. The molecular weight excluding hydrogens is 415 g/mol. The van der Waals surface area contributed by atoms with Crippen molar-refractivity contribution in [3.8, 4) is 0 Å². The van der Waals surface area contributed by atoms with Crippen molar-refractivity contribution in [1.82, 2.24) is 9.55 Å². The quantitative estimate of drug-likeness (QED) is 0.613. The van der Waals surface area contributed by atoms with E-state index in [1.165, 1.54) is 21.6 Å². The molecule has 0 aliphatic heterocycles. The van der Waals surface area contributed by atoms with Gasteiger partial charge in [0.1, 0.15) is 5.82 Å². The molecule has 1 amide bonds. The maximum atomic E-state index is 13.0. The SMILES string of the molecule is CCCCN(C(=O)/C=C/c1c(Cl)cccc1Cl)c1c(N)n(CCC)c(=O)[nH]c1=O. The summed E-state index contributed by atoms with van der Waals surface area (Å²) in [5.74, 6) is -0.498. The minimum absolute atomic E-state index is 0.0331. The molecule has 2 aromatic rings. The van der Waals surface area contributed by atoms with Crippen molar-refractivity contribution in [3.05, 3.63) is 60.7 Å². The highest BCUT2D eigenvalue weighted by molar-refractivity contribution is 6.37. The zero-order valence-corrected chi connectivity index (χ0v) is 17.9. The molecule has 1 aromatic heterocycles. The van der Waals surface area contributed by atoms with Crippen molar-refractivity contribution in [2.75, 3.05) is 17.2 Å². The number of nitrogens with zero attached hydrogens (tertiary/aromatic N) is 2. The van der Waals surface area contributed by atoms with Gasteiger partial charge in [0.25, 0.3) is 11.5 Å². The fourth-order valence-electron chi connectivity index (χ4n) is 2.85. The summed E-state index contributed by atoms with van der Waals surface area (Å²) in [6.45, 7) is 4.45. The highest BCUT2D eigenvalue weighted by Crippen LogP contribution is 2.26. The van der Waals surface area contributed by atoms with Crippen molar-refractivity contribution >= 4 is 46.7 Å². The number of halogens is 2. The fraction of sp³-hybridized carbons (Fsp3) is 0.350. The lowest BCUT2D eigenvalue weighted by Gasteiger charge is -2.23. The van der Waals surface area contributed by atoms with Crippen LogP contribution in [-0.4, -0.2) is 22.0 Å². The Morgan fingerprint density at radius 2 is 1.86 bits per heavy atom. The summed E-state index contributed by atoms with van der Waals surface area (Å²) >= 11 is 12.3. The predicted octanol–water partition coefficient (Wildman–Crippen LogP) is 3.68. The van der Waals surface area contributed by atoms with Gasteiger partial charge in [-0.1, -0.05) is 49.5 Å².